The third-order valence-electron chi connectivity index (χ3n) is 3.56. The van der Waals surface area contributed by atoms with Crippen LogP contribution in [0.5, 0.6) is 11.5 Å². The van der Waals surface area contributed by atoms with E-state index in [4.69, 9.17) is 19.3 Å². The summed E-state index contributed by atoms with van der Waals surface area (Å²) in [6.07, 6.45) is -0.566. The Morgan fingerprint density at radius 3 is 2.45 bits per heavy atom. The second kappa shape index (κ2) is 10.5. The molecule has 1 aromatic rings. The zero-order chi connectivity index (χ0) is 22.2. The number of nitrogens with zero attached hydrogens (tertiary/aromatic N) is 1. The van der Waals surface area contributed by atoms with Gasteiger partial charge in [0.2, 0.25) is 0 Å². The van der Waals surface area contributed by atoms with Crippen molar-refractivity contribution in [1.29, 1.82) is 0 Å². The van der Waals surface area contributed by atoms with E-state index in [1.807, 2.05) is 0 Å². The van der Waals surface area contributed by atoms with Crippen molar-refractivity contribution in [3.05, 3.63) is 27.8 Å². The molecule has 0 radical (unpaired) electrons. The van der Waals surface area contributed by atoms with Crippen LogP contribution >= 0.6 is 0 Å². The molecular formula is C18H27N3O8. The number of benzene rings is 1. The highest BCUT2D eigenvalue weighted by molar-refractivity contribution is 5.67. The molecule has 0 bridgehead atoms. The normalized spacial score (nSPS) is 12.0. The van der Waals surface area contributed by atoms with E-state index in [0.29, 0.717) is 0 Å². The number of carboxylic acid groups (broad SMARTS) is 1. The highest BCUT2D eigenvalue weighted by atomic mass is 16.6. The number of hydrogen-bond donors (Lipinski definition) is 3. The average Bonchev–Trinajstić information content (AvgIpc) is 2.60. The monoisotopic (exact) mass is 413 g/mol. The predicted octanol–water partition coefficient (Wildman–Crippen LogP) is 2.94. The zero-order valence-corrected chi connectivity index (χ0v) is 17.1. The lowest BCUT2D eigenvalue weighted by Crippen LogP contribution is -2.42. The third kappa shape index (κ3) is 8.21. The van der Waals surface area contributed by atoms with E-state index in [1.54, 1.807) is 27.7 Å². The van der Waals surface area contributed by atoms with Crippen molar-refractivity contribution in [3.63, 3.8) is 0 Å². The van der Waals surface area contributed by atoms with Gasteiger partial charge >= 0.3 is 12.1 Å². The second-order valence-corrected chi connectivity index (χ2v) is 7.16. The van der Waals surface area contributed by atoms with Gasteiger partial charge in [-0.2, -0.15) is 0 Å². The number of methoxy groups -OCH3 is 1. The summed E-state index contributed by atoms with van der Waals surface area (Å²) in [6.45, 7) is 6.81. The lowest BCUT2D eigenvalue weighted by molar-refractivity contribution is -0.385. The summed E-state index contributed by atoms with van der Waals surface area (Å²) in [5.74, 6) is -0.591. The molecule has 1 unspecified atom stereocenters. The van der Waals surface area contributed by atoms with Crippen LogP contribution in [0.4, 0.5) is 10.5 Å². The Kier molecular flexibility index (Phi) is 8.64. The molecule has 0 spiro atoms. The Morgan fingerprint density at radius 1 is 1.28 bits per heavy atom. The smallest absolute Gasteiger partial charge is 0.422 e. The standard InChI is InChI=1S/C18H27N3O8/c1-11(19-20-17(24)29-18(2,3)4)12-9-14(27-5)15(10-13(12)21(25)26)28-8-6-7-16(22)23/h9-11,19H,6-8H2,1-5H3,(H,20,24)(H,22,23). The Balaban J connectivity index is 2.96. The van der Waals surface area contributed by atoms with Crippen LogP contribution in [0.25, 0.3) is 0 Å². The van der Waals surface area contributed by atoms with E-state index in [9.17, 15) is 19.7 Å². The van der Waals surface area contributed by atoms with Gasteiger partial charge in [0.05, 0.1) is 36.3 Å². The molecule has 0 aromatic heterocycles. The molecule has 0 fully saturated rings. The maximum absolute atomic E-state index is 11.8. The van der Waals surface area contributed by atoms with Crippen molar-refractivity contribution < 1.29 is 33.8 Å². The van der Waals surface area contributed by atoms with E-state index in [-0.39, 0.29) is 42.2 Å². The van der Waals surface area contributed by atoms with E-state index in [2.05, 4.69) is 10.9 Å². The predicted molar refractivity (Wildman–Crippen MR) is 103 cm³/mol. The molecule has 1 atom stereocenters. The van der Waals surface area contributed by atoms with Gasteiger partial charge in [-0.05, 0) is 40.2 Å². The average molecular weight is 413 g/mol. The van der Waals surface area contributed by atoms with Crippen LogP contribution in [0.3, 0.4) is 0 Å². The van der Waals surface area contributed by atoms with Crippen molar-refractivity contribution >= 4 is 17.7 Å². The number of nitro groups is 1. The number of hydrazine groups is 1. The fraction of sp³-hybridized carbons (Fsp3) is 0.556. The number of ether oxygens (including phenoxy) is 3. The minimum Gasteiger partial charge on any atom is -0.493 e. The van der Waals surface area contributed by atoms with Crippen molar-refractivity contribution in [3.8, 4) is 11.5 Å². The molecule has 11 nitrogen and oxygen atoms in total. The summed E-state index contributed by atoms with van der Waals surface area (Å²) in [5.41, 5.74) is 4.32. The first-order chi connectivity index (χ1) is 13.4. The highest BCUT2D eigenvalue weighted by Crippen LogP contribution is 2.37. The Hall–Kier alpha value is -3.08. The Bertz CT molecular complexity index is 745. The number of rotatable bonds is 10. The van der Waals surface area contributed by atoms with Gasteiger partial charge in [0, 0.05) is 6.42 Å². The lowest BCUT2D eigenvalue weighted by atomic mass is 10.1. The molecule has 0 saturated carbocycles. The van der Waals surface area contributed by atoms with Crippen molar-refractivity contribution in [2.45, 2.75) is 52.2 Å². The second-order valence-electron chi connectivity index (χ2n) is 7.16. The fourth-order valence-corrected chi connectivity index (χ4v) is 2.30. The van der Waals surface area contributed by atoms with Gasteiger partial charge in [-0.15, -0.1) is 0 Å². The third-order valence-corrected chi connectivity index (χ3v) is 3.56. The van der Waals surface area contributed by atoms with Crippen LogP contribution < -0.4 is 20.3 Å². The number of hydrogen-bond acceptors (Lipinski definition) is 8. The van der Waals surface area contributed by atoms with Gasteiger partial charge in [0.15, 0.2) is 11.5 Å². The summed E-state index contributed by atoms with van der Waals surface area (Å²) in [4.78, 5) is 33.3. The number of aliphatic carboxylic acids is 1. The minimum atomic E-state index is -0.959. The summed E-state index contributed by atoms with van der Waals surface area (Å²) < 4.78 is 15.8. The molecule has 0 saturated heterocycles. The first kappa shape index (κ1) is 24.0. The Morgan fingerprint density at radius 2 is 1.93 bits per heavy atom. The highest BCUT2D eigenvalue weighted by Gasteiger charge is 2.25. The quantitative estimate of drug-likeness (QED) is 0.299. The van der Waals surface area contributed by atoms with Crippen molar-refractivity contribution in [2.24, 2.45) is 0 Å². The zero-order valence-electron chi connectivity index (χ0n) is 17.1. The molecule has 0 aliphatic rings. The van der Waals surface area contributed by atoms with Gasteiger partial charge < -0.3 is 19.3 Å². The van der Waals surface area contributed by atoms with Crippen molar-refractivity contribution in [2.75, 3.05) is 13.7 Å². The number of nitrogens with one attached hydrogen (secondary N) is 2. The molecule has 162 valence electrons. The SMILES string of the molecule is COc1cc(C(C)NNC(=O)OC(C)(C)C)c([N+](=O)[O-])cc1OCCCC(=O)O. The van der Waals surface area contributed by atoms with E-state index in [1.165, 1.54) is 19.2 Å². The van der Waals surface area contributed by atoms with Crippen LogP contribution in [-0.4, -0.2) is 41.4 Å². The largest absolute Gasteiger partial charge is 0.493 e. The molecule has 1 amide bonds. The maximum atomic E-state index is 11.8. The van der Waals surface area contributed by atoms with Gasteiger partial charge in [0.25, 0.3) is 5.69 Å². The Labute approximate surface area is 168 Å². The van der Waals surface area contributed by atoms with Crippen LogP contribution in [0, 0.1) is 10.1 Å². The molecule has 3 N–H and O–H groups in total. The van der Waals surface area contributed by atoms with E-state index in [0.717, 1.165) is 0 Å². The number of carboxylic acids is 1. The number of amides is 1. The molecule has 0 heterocycles. The fourth-order valence-electron chi connectivity index (χ4n) is 2.30. The number of carbonyl (C=O) groups is 2. The lowest BCUT2D eigenvalue weighted by Gasteiger charge is -2.22. The number of carbonyl (C=O) groups excluding carboxylic acids is 1. The van der Waals surface area contributed by atoms with E-state index < -0.39 is 28.6 Å². The summed E-state index contributed by atoms with van der Waals surface area (Å²) in [5, 5.41) is 20.2. The van der Waals surface area contributed by atoms with Crippen LogP contribution in [0.2, 0.25) is 0 Å². The van der Waals surface area contributed by atoms with Gasteiger partial charge in [-0.3, -0.25) is 20.3 Å². The van der Waals surface area contributed by atoms with Crippen LogP contribution in [0.15, 0.2) is 12.1 Å². The summed E-state index contributed by atoms with van der Waals surface area (Å²) in [6, 6.07) is 1.98. The van der Waals surface area contributed by atoms with Crippen molar-refractivity contribution in [1.82, 2.24) is 10.9 Å². The first-order valence-electron chi connectivity index (χ1n) is 8.90. The summed E-state index contributed by atoms with van der Waals surface area (Å²) in [7, 11) is 1.38. The minimum absolute atomic E-state index is 0.0627. The number of nitro benzene ring substituents is 1. The topological polar surface area (TPSA) is 149 Å². The molecule has 1 aromatic carbocycles. The molecular weight excluding hydrogens is 386 g/mol. The summed E-state index contributed by atoms with van der Waals surface area (Å²) >= 11 is 0. The van der Waals surface area contributed by atoms with Gasteiger partial charge in [0.1, 0.15) is 5.60 Å². The maximum Gasteiger partial charge on any atom is 0.422 e. The molecule has 0 aliphatic carbocycles. The molecule has 0 aliphatic heterocycles. The van der Waals surface area contributed by atoms with Gasteiger partial charge in [-0.1, -0.05) is 0 Å². The van der Waals surface area contributed by atoms with Gasteiger partial charge in [-0.25, -0.2) is 10.2 Å². The first-order valence-corrected chi connectivity index (χ1v) is 8.90. The molecule has 29 heavy (non-hydrogen) atoms. The molecule has 1 rings (SSSR count). The van der Waals surface area contributed by atoms with Crippen LogP contribution in [-0.2, 0) is 9.53 Å². The molecule has 11 heteroatoms. The van der Waals surface area contributed by atoms with Crippen LogP contribution in [0.1, 0.15) is 52.1 Å². The van der Waals surface area contributed by atoms with E-state index >= 15 is 0 Å².